The largest absolute Gasteiger partial charge is 0.473 e. The molecule has 0 spiro atoms. The maximum atomic E-state index is 12.9. The number of aromatic nitrogens is 2. The predicted molar refractivity (Wildman–Crippen MR) is 89.6 cm³/mol. The molecule has 24 heavy (non-hydrogen) atoms. The predicted octanol–water partition coefficient (Wildman–Crippen LogP) is 1.99. The Morgan fingerprint density at radius 2 is 1.96 bits per heavy atom. The fourth-order valence-corrected chi connectivity index (χ4v) is 5.57. The van der Waals surface area contributed by atoms with E-state index in [-0.39, 0.29) is 17.4 Å². The molecule has 1 aliphatic heterocycles. The van der Waals surface area contributed by atoms with Crippen LogP contribution in [0.3, 0.4) is 0 Å². The number of sulfonamides is 1. The van der Waals surface area contributed by atoms with Gasteiger partial charge in [0.25, 0.3) is 0 Å². The molecule has 0 radical (unpaired) electrons. The van der Waals surface area contributed by atoms with Crippen molar-refractivity contribution in [3.8, 4) is 11.9 Å². The van der Waals surface area contributed by atoms with Crippen molar-refractivity contribution in [3.63, 3.8) is 0 Å². The summed E-state index contributed by atoms with van der Waals surface area (Å²) in [5.41, 5.74) is 0. The SMILES string of the molecule is COc1nccc(OC2CCCN(S(=O)(=O)C3CCCCC3)C2)n1. The molecule has 2 aliphatic rings. The van der Waals surface area contributed by atoms with Gasteiger partial charge in [0.1, 0.15) is 6.10 Å². The number of ether oxygens (including phenoxy) is 2. The van der Waals surface area contributed by atoms with Crippen molar-refractivity contribution in [1.82, 2.24) is 14.3 Å². The molecule has 1 aromatic rings. The highest BCUT2D eigenvalue weighted by atomic mass is 32.2. The zero-order valence-electron chi connectivity index (χ0n) is 14.1. The first-order valence-electron chi connectivity index (χ1n) is 8.62. The molecule has 1 saturated heterocycles. The smallest absolute Gasteiger partial charge is 0.319 e. The van der Waals surface area contributed by atoms with Crippen LogP contribution in [0.5, 0.6) is 11.9 Å². The van der Waals surface area contributed by atoms with Crippen molar-refractivity contribution in [2.45, 2.75) is 56.3 Å². The lowest BCUT2D eigenvalue weighted by atomic mass is 10.0. The van der Waals surface area contributed by atoms with E-state index in [1.165, 1.54) is 7.11 Å². The molecule has 3 rings (SSSR count). The second kappa shape index (κ2) is 7.65. The highest BCUT2D eigenvalue weighted by Gasteiger charge is 2.36. The molecule has 1 aliphatic carbocycles. The summed E-state index contributed by atoms with van der Waals surface area (Å²) in [7, 11) is -1.73. The Labute approximate surface area is 143 Å². The minimum Gasteiger partial charge on any atom is -0.473 e. The Hall–Kier alpha value is -1.41. The van der Waals surface area contributed by atoms with Crippen molar-refractivity contribution < 1.29 is 17.9 Å². The first-order chi connectivity index (χ1) is 11.6. The maximum Gasteiger partial charge on any atom is 0.319 e. The van der Waals surface area contributed by atoms with Gasteiger partial charge < -0.3 is 9.47 Å². The van der Waals surface area contributed by atoms with Crippen LogP contribution in [-0.4, -0.2) is 54.2 Å². The van der Waals surface area contributed by atoms with Crippen LogP contribution in [0.15, 0.2) is 12.3 Å². The van der Waals surface area contributed by atoms with Gasteiger partial charge in [0, 0.05) is 18.8 Å². The molecule has 0 N–H and O–H groups in total. The maximum absolute atomic E-state index is 12.9. The van der Waals surface area contributed by atoms with Crippen molar-refractivity contribution in [2.75, 3.05) is 20.2 Å². The Balaban J connectivity index is 1.65. The van der Waals surface area contributed by atoms with Gasteiger partial charge in [0.2, 0.25) is 15.9 Å². The van der Waals surface area contributed by atoms with Gasteiger partial charge in [0.15, 0.2) is 0 Å². The molecular weight excluding hydrogens is 330 g/mol. The van der Waals surface area contributed by atoms with Crippen LogP contribution < -0.4 is 9.47 Å². The van der Waals surface area contributed by atoms with E-state index in [0.717, 1.165) is 44.9 Å². The molecule has 1 saturated carbocycles. The van der Waals surface area contributed by atoms with E-state index in [9.17, 15) is 8.42 Å². The topological polar surface area (TPSA) is 81.6 Å². The molecule has 1 aromatic heterocycles. The van der Waals surface area contributed by atoms with Gasteiger partial charge in [-0.3, -0.25) is 0 Å². The van der Waals surface area contributed by atoms with Crippen LogP contribution in [0, 0.1) is 0 Å². The normalized spacial score (nSPS) is 23.8. The molecule has 0 amide bonds. The van der Waals surface area contributed by atoms with Crippen molar-refractivity contribution >= 4 is 10.0 Å². The molecule has 8 heteroatoms. The minimum absolute atomic E-state index is 0.184. The molecule has 1 unspecified atom stereocenters. The van der Waals surface area contributed by atoms with E-state index in [0.29, 0.717) is 19.0 Å². The lowest BCUT2D eigenvalue weighted by Gasteiger charge is -2.35. The lowest BCUT2D eigenvalue weighted by Crippen LogP contribution is -2.48. The first-order valence-corrected chi connectivity index (χ1v) is 10.1. The number of nitrogens with zero attached hydrogens (tertiary/aromatic N) is 3. The summed E-state index contributed by atoms with van der Waals surface area (Å²) in [5, 5.41) is -0.218. The summed E-state index contributed by atoms with van der Waals surface area (Å²) in [6.45, 7) is 0.983. The third-order valence-corrected chi connectivity index (χ3v) is 7.12. The highest BCUT2D eigenvalue weighted by Crippen LogP contribution is 2.28. The van der Waals surface area contributed by atoms with E-state index in [2.05, 4.69) is 9.97 Å². The summed E-state index contributed by atoms with van der Waals surface area (Å²) in [4.78, 5) is 8.09. The van der Waals surface area contributed by atoms with Crippen LogP contribution in [0.2, 0.25) is 0 Å². The van der Waals surface area contributed by atoms with Crippen molar-refractivity contribution in [2.24, 2.45) is 0 Å². The molecule has 0 bridgehead atoms. The average molecular weight is 355 g/mol. The van der Waals surface area contributed by atoms with Crippen LogP contribution in [0.1, 0.15) is 44.9 Å². The summed E-state index contributed by atoms with van der Waals surface area (Å²) in [5.74, 6) is 0.420. The second-order valence-electron chi connectivity index (χ2n) is 6.43. The monoisotopic (exact) mass is 355 g/mol. The zero-order chi connectivity index (χ0) is 17.0. The number of hydrogen-bond donors (Lipinski definition) is 0. The van der Waals surface area contributed by atoms with Gasteiger partial charge in [-0.2, -0.15) is 9.29 Å². The minimum atomic E-state index is -3.23. The number of piperidine rings is 1. The zero-order valence-corrected chi connectivity index (χ0v) is 14.9. The van der Waals surface area contributed by atoms with Gasteiger partial charge >= 0.3 is 6.01 Å². The summed E-state index contributed by atoms with van der Waals surface area (Å²) in [6, 6.07) is 1.91. The lowest BCUT2D eigenvalue weighted by molar-refractivity contribution is 0.122. The summed E-state index contributed by atoms with van der Waals surface area (Å²) in [6.07, 6.45) is 7.75. The van der Waals surface area contributed by atoms with E-state index >= 15 is 0 Å². The number of hydrogen-bond acceptors (Lipinski definition) is 6. The summed E-state index contributed by atoms with van der Waals surface area (Å²) >= 11 is 0. The van der Waals surface area contributed by atoms with Crippen LogP contribution in [0.25, 0.3) is 0 Å². The van der Waals surface area contributed by atoms with Crippen molar-refractivity contribution in [1.29, 1.82) is 0 Å². The van der Waals surface area contributed by atoms with Gasteiger partial charge in [-0.05, 0) is 25.7 Å². The summed E-state index contributed by atoms with van der Waals surface area (Å²) < 4.78 is 38.2. The van der Waals surface area contributed by atoms with E-state index in [1.807, 2.05) is 0 Å². The molecular formula is C16H25N3O4S. The van der Waals surface area contributed by atoms with Crippen LogP contribution >= 0.6 is 0 Å². The van der Waals surface area contributed by atoms with E-state index in [4.69, 9.17) is 9.47 Å². The quantitative estimate of drug-likeness (QED) is 0.803. The second-order valence-corrected chi connectivity index (χ2v) is 8.64. The highest BCUT2D eigenvalue weighted by molar-refractivity contribution is 7.89. The standard InChI is InChI=1S/C16H25N3O4S/c1-22-16-17-10-9-15(18-16)23-13-6-5-11-19(12-13)24(20,21)14-7-3-2-4-8-14/h9-10,13-14H,2-8,11-12H2,1H3. The van der Waals surface area contributed by atoms with Gasteiger partial charge in [-0.1, -0.05) is 19.3 Å². The van der Waals surface area contributed by atoms with Crippen LogP contribution in [-0.2, 0) is 10.0 Å². The van der Waals surface area contributed by atoms with E-state index < -0.39 is 10.0 Å². The van der Waals surface area contributed by atoms with Gasteiger partial charge in [0.05, 0.1) is 18.9 Å². The van der Waals surface area contributed by atoms with Gasteiger partial charge in [-0.25, -0.2) is 13.4 Å². The third kappa shape index (κ3) is 3.97. The van der Waals surface area contributed by atoms with Crippen molar-refractivity contribution in [3.05, 3.63) is 12.3 Å². The fourth-order valence-electron chi connectivity index (χ4n) is 3.47. The third-order valence-electron chi connectivity index (χ3n) is 4.75. The Morgan fingerprint density at radius 1 is 1.17 bits per heavy atom. The molecule has 2 fully saturated rings. The first kappa shape index (κ1) is 17.4. The molecule has 134 valence electrons. The number of methoxy groups -OCH3 is 1. The molecule has 2 heterocycles. The molecule has 1 atom stereocenters. The molecule has 7 nitrogen and oxygen atoms in total. The Kier molecular flexibility index (Phi) is 5.55. The Morgan fingerprint density at radius 3 is 2.71 bits per heavy atom. The van der Waals surface area contributed by atoms with E-state index in [1.54, 1.807) is 16.6 Å². The van der Waals surface area contributed by atoms with Gasteiger partial charge in [-0.15, -0.1) is 0 Å². The number of rotatable bonds is 5. The van der Waals surface area contributed by atoms with Crippen LogP contribution in [0.4, 0.5) is 0 Å². The Bertz CT molecular complexity index is 646. The fraction of sp³-hybridized carbons (Fsp3) is 0.750. The average Bonchev–Trinajstić information content (AvgIpc) is 2.63. The molecule has 0 aromatic carbocycles.